The maximum absolute atomic E-state index is 11.9. The molecule has 2 aromatic rings. The van der Waals surface area contributed by atoms with Crippen molar-refractivity contribution in [3.05, 3.63) is 36.3 Å². The fourth-order valence-electron chi connectivity index (χ4n) is 1.92. The van der Waals surface area contributed by atoms with Gasteiger partial charge in [-0.25, -0.2) is 9.78 Å². The van der Waals surface area contributed by atoms with E-state index in [1.807, 2.05) is 32.1 Å². The molecule has 0 saturated carbocycles. The normalized spacial score (nSPS) is 10.5. The van der Waals surface area contributed by atoms with Crippen LogP contribution in [0.25, 0.3) is 11.3 Å². The Morgan fingerprint density at radius 2 is 2.10 bits per heavy atom. The van der Waals surface area contributed by atoms with Crippen LogP contribution in [0.15, 0.2) is 30.5 Å². The van der Waals surface area contributed by atoms with Gasteiger partial charge in [0.25, 0.3) is 0 Å². The van der Waals surface area contributed by atoms with Crippen LogP contribution in [-0.4, -0.2) is 41.7 Å². The fourth-order valence-corrected chi connectivity index (χ4v) is 1.92. The van der Waals surface area contributed by atoms with Crippen LogP contribution < -0.4 is 5.46 Å². The third-order valence-electron chi connectivity index (χ3n) is 2.92. The molecule has 0 unspecified atom stereocenters. The van der Waals surface area contributed by atoms with E-state index < -0.39 is 5.97 Å². The Hall–Kier alpha value is -2.08. The summed E-state index contributed by atoms with van der Waals surface area (Å²) < 4.78 is 6.60. The molecule has 0 radical (unpaired) electrons. The predicted octanol–water partition coefficient (Wildman–Crippen LogP) is -0.0225. The fraction of sp³-hybridized carbons (Fsp3) is 0.286. The maximum Gasteiger partial charge on any atom is 0.374 e. The van der Waals surface area contributed by atoms with Gasteiger partial charge in [-0.2, -0.15) is 0 Å². The number of esters is 1. The van der Waals surface area contributed by atoms with Crippen molar-refractivity contribution in [2.75, 3.05) is 13.2 Å². The van der Waals surface area contributed by atoms with Crippen molar-refractivity contribution >= 4 is 19.3 Å². The summed E-state index contributed by atoms with van der Waals surface area (Å²) in [5, 5.41) is 9.07. The molecule has 2 rings (SSSR count). The molecule has 0 spiro atoms. The Morgan fingerprint density at radius 3 is 2.70 bits per heavy atom. The maximum atomic E-state index is 11.9. The summed E-state index contributed by atoms with van der Waals surface area (Å²) in [4.78, 5) is 16.2. The van der Waals surface area contributed by atoms with Crippen LogP contribution >= 0.6 is 0 Å². The van der Waals surface area contributed by atoms with Crippen LogP contribution in [0.5, 0.6) is 0 Å². The van der Waals surface area contributed by atoms with E-state index in [1.165, 1.54) is 0 Å². The van der Waals surface area contributed by atoms with Crippen molar-refractivity contribution < 1.29 is 14.6 Å². The standard InChI is InChI=1S/C14H17BN2O3/c1-2-20-14(19)13-16-12(9-17(13)7-8-18)10-3-5-11(15)6-4-10/h3-6,9,18H,2,7-8,15H2,1H3. The minimum absolute atomic E-state index is 0.0594. The second-order valence-corrected chi connectivity index (χ2v) is 4.45. The quantitative estimate of drug-likeness (QED) is 0.613. The van der Waals surface area contributed by atoms with E-state index in [4.69, 9.17) is 9.84 Å². The Bertz CT molecular complexity index is 593. The van der Waals surface area contributed by atoms with Crippen LogP contribution in [-0.2, 0) is 11.3 Å². The Balaban J connectivity index is 2.37. The minimum atomic E-state index is -0.473. The van der Waals surface area contributed by atoms with Crippen molar-refractivity contribution in [1.82, 2.24) is 9.55 Å². The zero-order chi connectivity index (χ0) is 14.5. The van der Waals surface area contributed by atoms with Gasteiger partial charge in [-0.15, -0.1) is 0 Å². The summed E-state index contributed by atoms with van der Waals surface area (Å²) in [5.74, 6) is -0.254. The lowest BCUT2D eigenvalue weighted by Crippen LogP contribution is -2.14. The molecule has 0 fully saturated rings. The molecule has 1 heterocycles. The lowest BCUT2D eigenvalue weighted by molar-refractivity contribution is 0.0505. The van der Waals surface area contributed by atoms with Crippen molar-refractivity contribution in [1.29, 1.82) is 0 Å². The molecular formula is C14H17BN2O3. The van der Waals surface area contributed by atoms with Crippen molar-refractivity contribution in [2.45, 2.75) is 13.5 Å². The summed E-state index contributed by atoms with van der Waals surface area (Å²) in [6, 6.07) is 7.89. The lowest BCUT2D eigenvalue weighted by atomic mass is 9.95. The zero-order valence-electron chi connectivity index (χ0n) is 11.7. The molecule has 5 nitrogen and oxygen atoms in total. The van der Waals surface area contributed by atoms with Crippen molar-refractivity contribution in [3.8, 4) is 11.3 Å². The van der Waals surface area contributed by atoms with E-state index >= 15 is 0 Å². The summed E-state index contributed by atoms with van der Waals surface area (Å²) in [6.07, 6.45) is 1.76. The summed E-state index contributed by atoms with van der Waals surface area (Å²) >= 11 is 0. The minimum Gasteiger partial charge on any atom is -0.460 e. The monoisotopic (exact) mass is 272 g/mol. The van der Waals surface area contributed by atoms with Crippen LogP contribution in [0.4, 0.5) is 0 Å². The van der Waals surface area contributed by atoms with E-state index in [0.717, 1.165) is 11.0 Å². The van der Waals surface area contributed by atoms with Crippen LogP contribution in [0.1, 0.15) is 17.5 Å². The van der Waals surface area contributed by atoms with E-state index in [-0.39, 0.29) is 12.4 Å². The molecule has 104 valence electrons. The predicted molar refractivity (Wildman–Crippen MR) is 78.9 cm³/mol. The van der Waals surface area contributed by atoms with E-state index in [9.17, 15) is 4.79 Å². The molecule has 1 aromatic carbocycles. The van der Waals surface area contributed by atoms with Gasteiger partial charge in [0.2, 0.25) is 5.82 Å². The molecule has 20 heavy (non-hydrogen) atoms. The van der Waals surface area contributed by atoms with Crippen LogP contribution in [0.2, 0.25) is 0 Å². The SMILES string of the molecule is Bc1ccc(-c2cn(CCO)c(C(=O)OCC)n2)cc1. The number of hydrogen-bond acceptors (Lipinski definition) is 4. The molecule has 0 aliphatic rings. The van der Waals surface area contributed by atoms with Crippen molar-refractivity contribution in [3.63, 3.8) is 0 Å². The average molecular weight is 272 g/mol. The molecule has 0 aliphatic carbocycles. The number of hydrogen-bond donors (Lipinski definition) is 1. The highest BCUT2D eigenvalue weighted by Gasteiger charge is 2.17. The number of benzene rings is 1. The Morgan fingerprint density at radius 1 is 1.40 bits per heavy atom. The van der Waals surface area contributed by atoms with Crippen molar-refractivity contribution in [2.24, 2.45) is 0 Å². The first kappa shape index (κ1) is 14.3. The second-order valence-electron chi connectivity index (χ2n) is 4.45. The van der Waals surface area contributed by atoms with Gasteiger partial charge in [0.05, 0.1) is 18.9 Å². The number of rotatable bonds is 5. The molecule has 1 aromatic heterocycles. The first-order valence-electron chi connectivity index (χ1n) is 6.58. The largest absolute Gasteiger partial charge is 0.460 e. The summed E-state index contributed by atoms with van der Waals surface area (Å²) in [6.45, 7) is 2.30. The number of carbonyl (C=O) groups is 1. The highest BCUT2D eigenvalue weighted by molar-refractivity contribution is 6.32. The zero-order valence-corrected chi connectivity index (χ0v) is 11.7. The average Bonchev–Trinajstić information content (AvgIpc) is 2.84. The number of aliphatic hydroxyl groups excluding tert-OH is 1. The Labute approximate surface area is 118 Å². The number of aliphatic hydroxyl groups is 1. The number of ether oxygens (including phenoxy) is 1. The highest BCUT2D eigenvalue weighted by atomic mass is 16.5. The Kier molecular flexibility index (Phi) is 4.58. The van der Waals surface area contributed by atoms with Gasteiger partial charge in [-0.05, 0) is 6.92 Å². The van der Waals surface area contributed by atoms with Gasteiger partial charge in [-0.1, -0.05) is 29.7 Å². The van der Waals surface area contributed by atoms with Crippen LogP contribution in [0, 0.1) is 0 Å². The van der Waals surface area contributed by atoms with E-state index in [0.29, 0.717) is 18.8 Å². The second kappa shape index (κ2) is 6.39. The van der Waals surface area contributed by atoms with Gasteiger partial charge in [0, 0.05) is 18.3 Å². The van der Waals surface area contributed by atoms with Gasteiger partial charge in [0.15, 0.2) is 0 Å². The molecule has 1 N–H and O–H groups in total. The van der Waals surface area contributed by atoms with E-state index in [2.05, 4.69) is 4.98 Å². The van der Waals surface area contributed by atoms with Gasteiger partial charge >= 0.3 is 5.97 Å². The number of imidazole rings is 1. The molecular weight excluding hydrogens is 255 g/mol. The molecule has 0 saturated heterocycles. The highest BCUT2D eigenvalue weighted by Crippen LogP contribution is 2.18. The summed E-state index contributed by atoms with van der Waals surface area (Å²) in [5.41, 5.74) is 2.79. The molecule has 0 aliphatic heterocycles. The third kappa shape index (κ3) is 3.08. The number of aromatic nitrogens is 2. The van der Waals surface area contributed by atoms with Gasteiger partial charge in [0.1, 0.15) is 7.85 Å². The first-order valence-corrected chi connectivity index (χ1v) is 6.58. The third-order valence-corrected chi connectivity index (χ3v) is 2.92. The summed E-state index contributed by atoms with van der Waals surface area (Å²) in [7, 11) is 2.01. The van der Waals surface area contributed by atoms with Gasteiger partial charge < -0.3 is 14.4 Å². The van der Waals surface area contributed by atoms with Crippen LogP contribution in [0.3, 0.4) is 0 Å². The van der Waals surface area contributed by atoms with E-state index in [1.54, 1.807) is 17.7 Å². The number of carbonyl (C=O) groups excluding carboxylic acids is 1. The number of nitrogens with zero attached hydrogens (tertiary/aromatic N) is 2. The molecule has 6 heteroatoms. The first-order chi connectivity index (χ1) is 9.65. The molecule has 0 bridgehead atoms. The lowest BCUT2D eigenvalue weighted by Gasteiger charge is -2.04. The molecule has 0 amide bonds. The van der Waals surface area contributed by atoms with Gasteiger partial charge in [-0.3, -0.25) is 0 Å². The molecule has 0 atom stereocenters. The topological polar surface area (TPSA) is 64.4 Å². The smallest absolute Gasteiger partial charge is 0.374 e.